The van der Waals surface area contributed by atoms with E-state index < -0.39 is 0 Å². The van der Waals surface area contributed by atoms with Crippen molar-refractivity contribution in [1.82, 2.24) is 19.8 Å². The van der Waals surface area contributed by atoms with Gasteiger partial charge in [0.25, 0.3) is 0 Å². The normalized spacial score (nSPS) is 12.3. The molecule has 0 saturated heterocycles. The number of hydrogen-bond acceptors (Lipinski definition) is 4. The molecule has 1 unspecified atom stereocenters. The number of anilines is 1. The van der Waals surface area contributed by atoms with Crippen molar-refractivity contribution in [2.45, 2.75) is 12.8 Å². The van der Waals surface area contributed by atoms with Gasteiger partial charge in [-0.05, 0) is 35.7 Å². The minimum Gasteiger partial charge on any atom is -0.369 e. The molecule has 0 radical (unpaired) electrons. The Morgan fingerprint density at radius 2 is 1.67 bits per heavy atom. The standard InChI is InChI=1S/C24H20ClN5/c1-16(17-7-3-2-4-8-17)15-26-23-20-9-5-6-10-21(20)30-24(27-23)22(28-29-30)18-11-13-19(25)14-12-18/h2-14,16H,15H2,1H3,(H,26,27). The lowest BCUT2D eigenvalue weighted by atomic mass is 10.0. The van der Waals surface area contributed by atoms with Crippen LogP contribution in [0.2, 0.25) is 5.02 Å². The molecule has 0 aliphatic carbocycles. The van der Waals surface area contributed by atoms with Gasteiger partial charge in [-0.3, -0.25) is 0 Å². The molecule has 1 N–H and O–H groups in total. The van der Waals surface area contributed by atoms with Crippen LogP contribution in [0.3, 0.4) is 0 Å². The van der Waals surface area contributed by atoms with E-state index in [1.165, 1.54) is 5.56 Å². The molecule has 148 valence electrons. The van der Waals surface area contributed by atoms with Crippen molar-refractivity contribution in [3.63, 3.8) is 0 Å². The topological polar surface area (TPSA) is 55.1 Å². The van der Waals surface area contributed by atoms with Gasteiger partial charge >= 0.3 is 0 Å². The van der Waals surface area contributed by atoms with Crippen LogP contribution in [-0.2, 0) is 0 Å². The first-order chi connectivity index (χ1) is 14.7. The summed E-state index contributed by atoms with van der Waals surface area (Å²) < 4.78 is 1.80. The summed E-state index contributed by atoms with van der Waals surface area (Å²) in [7, 11) is 0. The Morgan fingerprint density at radius 1 is 0.933 bits per heavy atom. The number of para-hydroxylation sites is 1. The zero-order valence-corrected chi connectivity index (χ0v) is 17.2. The molecule has 3 aromatic carbocycles. The minimum atomic E-state index is 0.349. The van der Waals surface area contributed by atoms with Crippen molar-refractivity contribution in [2.24, 2.45) is 0 Å². The second-order valence-electron chi connectivity index (χ2n) is 7.35. The molecule has 0 aliphatic rings. The summed E-state index contributed by atoms with van der Waals surface area (Å²) in [5.41, 5.74) is 4.64. The molecule has 0 fully saturated rings. The number of hydrogen-bond donors (Lipinski definition) is 1. The Balaban J connectivity index is 1.58. The van der Waals surface area contributed by atoms with E-state index in [0.717, 1.165) is 34.5 Å². The van der Waals surface area contributed by atoms with Crippen molar-refractivity contribution in [2.75, 3.05) is 11.9 Å². The number of nitrogens with zero attached hydrogens (tertiary/aromatic N) is 4. The monoisotopic (exact) mass is 413 g/mol. The van der Waals surface area contributed by atoms with Crippen LogP contribution < -0.4 is 5.32 Å². The molecule has 0 saturated carbocycles. The lowest BCUT2D eigenvalue weighted by Crippen LogP contribution is -2.12. The fourth-order valence-electron chi connectivity index (χ4n) is 3.64. The molecule has 2 heterocycles. The van der Waals surface area contributed by atoms with Gasteiger partial charge in [0.05, 0.1) is 5.52 Å². The average Bonchev–Trinajstić information content (AvgIpc) is 3.22. The lowest BCUT2D eigenvalue weighted by molar-refractivity contribution is 0.802. The van der Waals surface area contributed by atoms with Crippen LogP contribution in [0.15, 0.2) is 78.9 Å². The highest BCUT2D eigenvalue weighted by molar-refractivity contribution is 6.30. The Labute approximate surface area is 179 Å². The maximum absolute atomic E-state index is 6.05. The number of benzene rings is 3. The summed E-state index contributed by atoms with van der Waals surface area (Å²) >= 11 is 6.05. The summed E-state index contributed by atoms with van der Waals surface area (Å²) in [5, 5.41) is 14.0. The predicted molar refractivity (Wildman–Crippen MR) is 122 cm³/mol. The minimum absolute atomic E-state index is 0.349. The smallest absolute Gasteiger partial charge is 0.186 e. The first-order valence-electron chi connectivity index (χ1n) is 9.89. The van der Waals surface area contributed by atoms with Gasteiger partial charge in [-0.15, -0.1) is 5.10 Å². The lowest BCUT2D eigenvalue weighted by Gasteiger charge is -2.15. The largest absolute Gasteiger partial charge is 0.369 e. The Kier molecular flexibility index (Phi) is 4.81. The molecule has 1 atom stereocenters. The van der Waals surface area contributed by atoms with E-state index in [9.17, 15) is 0 Å². The highest BCUT2D eigenvalue weighted by Gasteiger charge is 2.16. The van der Waals surface area contributed by atoms with E-state index in [2.05, 4.69) is 52.9 Å². The molecule has 0 aliphatic heterocycles. The molecular weight excluding hydrogens is 394 g/mol. The zero-order valence-electron chi connectivity index (χ0n) is 16.5. The quantitative estimate of drug-likeness (QED) is 0.394. The number of rotatable bonds is 5. The number of nitrogens with one attached hydrogen (secondary N) is 1. The summed E-state index contributed by atoms with van der Waals surface area (Å²) in [5.74, 6) is 1.18. The van der Waals surface area contributed by atoms with E-state index in [1.807, 2.05) is 48.5 Å². The van der Waals surface area contributed by atoms with Crippen LogP contribution >= 0.6 is 11.6 Å². The summed E-state index contributed by atoms with van der Waals surface area (Å²) in [6.07, 6.45) is 0. The maximum Gasteiger partial charge on any atom is 0.186 e. The van der Waals surface area contributed by atoms with Gasteiger partial charge < -0.3 is 5.32 Å². The second kappa shape index (κ2) is 7.76. The van der Waals surface area contributed by atoms with E-state index in [-0.39, 0.29) is 0 Å². The maximum atomic E-state index is 6.05. The summed E-state index contributed by atoms with van der Waals surface area (Å²) in [4.78, 5) is 4.92. The summed E-state index contributed by atoms with van der Waals surface area (Å²) in [6.45, 7) is 2.98. The van der Waals surface area contributed by atoms with Crippen LogP contribution in [0.1, 0.15) is 18.4 Å². The molecule has 2 aromatic heterocycles. The fraction of sp³-hybridized carbons (Fsp3) is 0.125. The van der Waals surface area contributed by atoms with E-state index in [0.29, 0.717) is 16.6 Å². The van der Waals surface area contributed by atoms with Gasteiger partial charge in [-0.1, -0.05) is 78.3 Å². The first kappa shape index (κ1) is 18.6. The van der Waals surface area contributed by atoms with Gasteiger partial charge in [0, 0.05) is 22.5 Å². The predicted octanol–water partition coefficient (Wildman–Crippen LogP) is 5.81. The molecule has 6 heteroatoms. The molecule has 5 aromatic rings. The number of aromatic nitrogens is 4. The third-order valence-electron chi connectivity index (χ3n) is 5.31. The van der Waals surface area contributed by atoms with Crippen molar-refractivity contribution in [1.29, 1.82) is 0 Å². The van der Waals surface area contributed by atoms with Gasteiger partial charge in [-0.25, -0.2) is 4.98 Å². The average molecular weight is 414 g/mol. The van der Waals surface area contributed by atoms with Crippen LogP contribution in [0.25, 0.3) is 27.8 Å². The molecule has 5 rings (SSSR count). The first-order valence-corrected chi connectivity index (χ1v) is 10.3. The van der Waals surface area contributed by atoms with Crippen LogP contribution in [-0.4, -0.2) is 26.4 Å². The fourth-order valence-corrected chi connectivity index (χ4v) is 3.77. The van der Waals surface area contributed by atoms with Crippen LogP contribution in [0.4, 0.5) is 5.82 Å². The summed E-state index contributed by atoms with van der Waals surface area (Å²) in [6, 6.07) is 26.2. The van der Waals surface area contributed by atoms with E-state index in [4.69, 9.17) is 16.6 Å². The third-order valence-corrected chi connectivity index (χ3v) is 5.57. The number of fused-ring (bicyclic) bond motifs is 3. The second-order valence-corrected chi connectivity index (χ2v) is 7.79. The van der Waals surface area contributed by atoms with Gasteiger partial charge in [0.15, 0.2) is 5.65 Å². The Hall–Kier alpha value is -3.44. The van der Waals surface area contributed by atoms with Crippen molar-refractivity contribution >= 4 is 34.0 Å². The van der Waals surface area contributed by atoms with E-state index >= 15 is 0 Å². The van der Waals surface area contributed by atoms with Gasteiger partial charge in [0.2, 0.25) is 0 Å². The Bertz CT molecular complexity index is 1310. The van der Waals surface area contributed by atoms with Crippen LogP contribution in [0, 0.1) is 0 Å². The van der Waals surface area contributed by atoms with Crippen molar-refractivity contribution in [3.8, 4) is 11.3 Å². The van der Waals surface area contributed by atoms with Gasteiger partial charge in [-0.2, -0.15) is 4.52 Å². The highest BCUT2D eigenvalue weighted by atomic mass is 35.5. The van der Waals surface area contributed by atoms with Crippen molar-refractivity contribution < 1.29 is 0 Å². The molecule has 5 nitrogen and oxygen atoms in total. The Morgan fingerprint density at radius 3 is 2.47 bits per heavy atom. The zero-order chi connectivity index (χ0) is 20.5. The van der Waals surface area contributed by atoms with Crippen LogP contribution in [0.5, 0.6) is 0 Å². The molecule has 0 bridgehead atoms. The SMILES string of the molecule is CC(CNc1nc2c(-c3ccc(Cl)cc3)nnn2c2ccccc12)c1ccccc1. The molecule has 30 heavy (non-hydrogen) atoms. The molecular formula is C24H20ClN5. The van der Waals surface area contributed by atoms with Crippen molar-refractivity contribution in [3.05, 3.63) is 89.4 Å². The highest BCUT2D eigenvalue weighted by Crippen LogP contribution is 2.29. The van der Waals surface area contributed by atoms with Gasteiger partial charge in [0.1, 0.15) is 11.5 Å². The molecule has 0 spiro atoms. The molecule has 0 amide bonds. The number of halogens is 1. The van der Waals surface area contributed by atoms with E-state index in [1.54, 1.807) is 4.52 Å². The third kappa shape index (κ3) is 3.37.